The molecule has 2 unspecified atom stereocenters. The first-order chi connectivity index (χ1) is 9.61. The Balaban J connectivity index is 0.00000161. The summed E-state index contributed by atoms with van der Waals surface area (Å²) in [5.41, 5.74) is 8.51. The molecule has 2 aromatic rings. The molecule has 3 rings (SSSR count). The normalized spacial score (nSPS) is 22.2. The average molecular weight is 324 g/mol. The average Bonchev–Trinajstić information content (AvgIpc) is 2.98. The summed E-state index contributed by atoms with van der Waals surface area (Å²) >= 11 is 1.60. The van der Waals surface area contributed by atoms with Crippen molar-refractivity contribution in [1.82, 2.24) is 9.88 Å². The van der Waals surface area contributed by atoms with Crippen LogP contribution in [0.3, 0.4) is 0 Å². The van der Waals surface area contributed by atoms with Crippen LogP contribution in [0.2, 0.25) is 0 Å². The van der Waals surface area contributed by atoms with Crippen molar-refractivity contribution in [1.29, 1.82) is 0 Å². The number of nitrogen functional groups attached to an aromatic ring is 1. The fourth-order valence-electron chi connectivity index (χ4n) is 2.99. The Hall–Kier alpha value is -1.10. The number of hydrogen-bond donors (Lipinski definition) is 1. The Bertz CT molecular complexity index is 581. The minimum atomic E-state index is 0. The third-order valence-electron chi connectivity index (χ3n) is 4.18. The maximum absolute atomic E-state index is 5.71. The van der Waals surface area contributed by atoms with E-state index >= 15 is 0 Å². The largest absolute Gasteiger partial charge is 0.375 e. The summed E-state index contributed by atoms with van der Waals surface area (Å²) in [5, 5.41) is 0.668. The van der Waals surface area contributed by atoms with Crippen molar-refractivity contribution < 1.29 is 0 Å². The second kappa shape index (κ2) is 6.77. The zero-order valence-corrected chi connectivity index (χ0v) is 14.1. The van der Waals surface area contributed by atoms with Gasteiger partial charge in [-0.15, -0.1) is 23.7 Å². The summed E-state index contributed by atoms with van der Waals surface area (Å²) in [6.45, 7) is 6.56. The predicted octanol–water partition coefficient (Wildman–Crippen LogP) is 3.83. The number of aryl methyl sites for hydroxylation is 1. The summed E-state index contributed by atoms with van der Waals surface area (Å²) in [6.07, 6.45) is 3.14. The van der Waals surface area contributed by atoms with Gasteiger partial charge in [-0.05, 0) is 31.7 Å². The van der Waals surface area contributed by atoms with Crippen molar-refractivity contribution in [2.24, 2.45) is 0 Å². The summed E-state index contributed by atoms with van der Waals surface area (Å²) in [4.78, 5) is 7.94. The minimum absolute atomic E-state index is 0. The van der Waals surface area contributed by atoms with Crippen LogP contribution >= 0.6 is 23.7 Å². The molecule has 21 heavy (non-hydrogen) atoms. The van der Waals surface area contributed by atoms with E-state index in [9.17, 15) is 0 Å². The Morgan fingerprint density at radius 3 is 2.67 bits per heavy atom. The lowest BCUT2D eigenvalue weighted by atomic mass is 9.96. The molecule has 0 aliphatic carbocycles. The molecule has 1 aromatic carbocycles. The van der Waals surface area contributed by atoms with E-state index in [0.717, 1.165) is 13.1 Å². The van der Waals surface area contributed by atoms with Gasteiger partial charge >= 0.3 is 0 Å². The number of likely N-dealkylation sites (tertiary alicyclic amines) is 1. The molecule has 1 fully saturated rings. The monoisotopic (exact) mass is 323 g/mol. The SMILES string of the molecule is Cc1ccc(C2CC(C)N(Cc3cnc(N)s3)C2)cc1.Cl. The van der Waals surface area contributed by atoms with E-state index in [0.29, 0.717) is 17.1 Å². The fourth-order valence-corrected chi connectivity index (χ4v) is 3.70. The maximum Gasteiger partial charge on any atom is 0.180 e. The fraction of sp³-hybridized carbons (Fsp3) is 0.438. The third kappa shape index (κ3) is 3.76. The number of anilines is 1. The second-order valence-electron chi connectivity index (χ2n) is 5.79. The van der Waals surface area contributed by atoms with Crippen molar-refractivity contribution in [2.75, 3.05) is 12.3 Å². The van der Waals surface area contributed by atoms with E-state index in [-0.39, 0.29) is 12.4 Å². The summed E-state index contributed by atoms with van der Waals surface area (Å²) < 4.78 is 0. The third-order valence-corrected chi connectivity index (χ3v) is 4.99. The summed E-state index contributed by atoms with van der Waals surface area (Å²) in [5.74, 6) is 0.649. The van der Waals surface area contributed by atoms with Crippen LogP contribution in [0.25, 0.3) is 0 Å². The molecule has 0 radical (unpaired) electrons. The van der Waals surface area contributed by atoms with Gasteiger partial charge in [0.15, 0.2) is 5.13 Å². The quantitative estimate of drug-likeness (QED) is 0.933. The van der Waals surface area contributed by atoms with Crippen molar-refractivity contribution in [3.8, 4) is 0 Å². The van der Waals surface area contributed by atoms with Crippen LogP contribution < -0.4 is 5.73 Å². The van der Waals surface area contributed by atoms with Crippen molar-refractivity contribution in [3.05, 3.63) is 46.5 Å². The number of benzene rings is 1. The summed E-state index contributed by atoms with van der Waals surface area (Å²) in [6, 6.07) is 9.60. The molecule has 1 aromatic heterocycles. The van der Waals surface area contributed by atoms with Gasteiger partial charge in [-0.2, -0.15) is 0 Å². The zero-order valence-electron chi connectivity index (χ0n) is 12.5. The van der Waals surface area contributed by atoms with Gasteiger partial charge in [0.1, 0.15) is 0 Å². The van der Waals surface area contributed by atoms with Crippen molar-refractivity contribution in [2.45, 2.75) is 38.8 Å². The molecule has 2 heterocycles. The summed E-state index contributed by atoms with van der Waals surface area (Å²) in [7, 11) is 0. The lowest BCUT2D eigenvalue weighted by Gasteiger charge is -2.19. The highest BCUT2D eigenvalue weighted by Crippen LogP contribution is 2.33. The Morgan fingerprint density at radius 1 is 1.33 bits per heavy atom. The molecule has 1 aliphatic rings. The van der Waals surface area contributed by atoms with E-state index in [1.165, 1.54) is 22.4 Å². The minimum Gasteiger partial charge on any atom is -0.375 e. The molecule has 2 N–H and O–H groups in total. The van der Waals surface area contributed by atoms with Crippen LogP contribution in [0.4, 0.5) is 5.13 Å². The maximum atomic E-state index is 5.71. The molecule has 1 aliphatic heterocycles. The van der Waals surface area contributed by atoms with E-state index in [2.05, 4.69) is 48.0 Å². The number of hydrogen-bond acceptors (Lipinski definition) is 4. The number of halogens is 1. The number of rotatable bonds is 3. The first-order valence-corrected chi connectivity index (χ1v) is 7.94. The van der Waals surface area contributed by atoms with Gasteiger partial charge in [-0.1, -0.05) is 29.8 Å². The lowest BCUT2D eigenvalue weighted by molar-refractivity contribution is 0.261. The lowest BCUT2D eigenvalue weighted by Crippen LogP contribution is -2.26. The van der Waals surface area contributed by atoms with Crippen LogP contribution in [-0.4, -0.2) is 22.5 Å². The van der Waals surface area contributed by atoms with Crippen LogP contribution in [0.15, 0.2) is 30.5 Å². The highest BCUT2D eigenvalue weighted by atomic mass is 35.5. The van der Waals surface area contributed by atoms with Gasteiger partial charge in [-0.25, -0.2) is 4.98 Å². The second-order valence-corrected chi connectivity index (χ2v) is 6.93. The zero-order chi connectivity index (χ0) is 14.1. The van der Waals surface area contributed by atoms with Gasteiger partial charge in [0.05, 0.1) is 0 Å². The molecular formula is C16H22ClN3S. The molecule has 3 nitrogen and oxygen atoms in total. The molecule has 0 saturated carbocycles. The van der Waals surface area contributed by atoms with E-state index < -0.39 is 0 Å². The van der Waals surface area contributed by atoms with E-state index in [1.807, 2.05) is 6.20 Å². The Morgan fingerprint density at radius 2 is 2.05 bits per heavy atom. The highest BCUT2D eigenvalue weighted by molar-refractivity contribution is 7.15. The van der Waals surface area contributed by atoms with Gasteiger partial charge < -0.3 is 5.73 Å². The van der Waals surface area contributed by atoms with Gasteiger partial charge in [0.2, 0.25) is 0 Å². The first kappa shape index (κ1) is 16.3. The standard InChI is InChI=1S/C16H21N3S.ClH/c1-11-3-5-13(6-4-11)14-7-12(2)19(9-14)10-15-8-18-16(17)20-15;/h3-6,8,12,14H,7,9-10H2,1-2H3,(H2,17,18);1H. The van der Waals surface area contributed by atoms with Crippen molar-refractivity contribution in [3.63, 3.8) is 0 Å². The molecule has 0 amide bonds. The van der Waals surface area contributed by atoms with Gasteiger partial charge in [0, 0.05) is 30.2 Å². The molecule has 114 valence electrons. The highest BCUT2D eigenvalue weighted by Gasteiger charge is 2.30. The molecular weight excluding hydrogens is 302 g/mol. The van der Waals surface area contributed by atoms with Crippen LogP contribution in [0, 0.1) is 6.92 Å². The van der Waals surface area contributed by atoms with Gasteiger partial charge in [0.25, 0.3) is 0 Å². The van der Waals surface area contributed by atoms with Crippen molar-refractivity contribution >= 4 is 28.9 Å². The van der Waals surface area contributed by atoms with Crippen LogP contribution in [-0.2, 0) is 6.54 Å². The van der Waals surface area contributed by atoms with Gasteiger partial charge in [-0.3, -0.25) is 4.90 Å². The Kier molecular flexibility index (Phi) is 5.25. The number of nitrogens with two attached hydrogens (primary N) is 1. The van der Waals surface area contributed by atoms with Crippen LogP contribution in [0.5, 0.6) is 0 Å². The Labute approximate surface area is 136 Å². The molecule has 0 spiro atoms. The smallest absolute Gasteiger partial charge is 0.180 e. The number of nitrogens with zero attached hydrogens (tertiary/aromatic N) is 2. The first-order valence-electron chi connectivity index (χ1n) is 7.12. The van der Waals surface area contributed by atoms with E-state index in [1.54, 1.807) is 11.3 Å². The topological polar surface area (TPSA) is 42.2 Å². The molecule has 1 saturated heterocycles. The molecule has 5 heteroatoms. The van der Waals surface area contributed by atoms with Crippen LogP contribution in [0.1, 0.15) is 35.3 Å². The molecule has 2 atom stereocenters. The number of aromatic nitrogens is 1. The molecule has 0 bridgehead atoms. The number of thiazole rings is 1. The van der Waals surface area contributed by atoms with E-state index in [4.69, 9.17) is 5.73 Å². The predicted molar refractivity (Wildman–Crippen MR) is 92.2 cm³/mol.